The van der Waals surface area contributed by atoms with Crippen LogP contribution in [0.5, 0.6) is 11.5 Å². The van der Waals surface area contributed by atoms with Gasteiger partial charge in [0.25, 0.3) is 5.69 Å². The lowest BCUT2D eigenvalue weighted by Gasteiger charge is -2.13. The number of nitrogens with one attached hydrogen (secondary N) is 1. The molecule has 0 fully saturated rings. The summed E-state index contributed by atoms with van der Waals surface area (Å²) in [6.45, 7) is 6.23. The van der Waals surface area contributed by atoms with Crippen LogP contribution in [0.25, 0.3) is 0 Å². The number of benzene rings is 2. The average Bonchev–Trinajstić information content (AvgIpc) is 2.67. The van der Waals surface area contributed by atoms with E-state index >= 15 is 0 Å². The highest BCUT2D eigenvalue weighted by Gasteiger charge is 2.19. The van der Waals surface area contributed by atoms with Crippen LogP contribution in [0.3, 0.4) is 0 Å². The second-order valence-corrected chi connectivity index (χ2v) is 6.61. The molecule has 0 radical (unpaired) electrons. The van der Waals surface area contributed by atoms with Crippen LogP contribution in [0.4, 0.5) is 17.1 Å². The molecule has 2 aromatic rings. The zero-order valence-electron chi connectivity index (χ0n) is 15.3. The second-order valence-electron chi connectivity index (χ2n) is 5.45. The van der Waals surface area contributed by atoms with E-state index in [1.807, 2.05) is 6.92 Å². The quantitative estimate of drug-likeness (QED) is 0.163. The van der Waals surface area contributed by atoms with Crippen molar-refractivity contribution in [1.29, 1.82) is 0 Å². The van der Waals surface area contributed by atoms with Crippen molar-refractivity contribution in [1.82, 2.24) is 0 Å². The fraction of sp³-hybridized carbons (Fsp3) is 0.167. The minimum Gasteiger partial charge on any atom is -0.490 e. The average molecular weight is 512 g/mol. The van der Waals surface area contributed by atoms with Crippen LogP contribution in [0.1, 0.15) is 12.5 Å². The monoisotopic (exact) mass is 512 g/mol. The Hall–Kier alpha value is -3.22. The molecule has 0 spiro atoms. The molecule has 0 amide bonds. The van der Waals surface area contributed by atoms with E-state index in [0.717, 1.165) is 15.7 Å². The van der Waals surface area contributed by atoms with Gasteiger partial charge in [0, 0.05) is 6.07 Å². The Morgan fingerprint density at radius 2 is 1.97 bits per heavy atom. The fourth-order valence-corrected chi connectivity index (χ4v) is 3.04. The normalized spacial score (nSPS) is 10.6. The maximum absolute atomic E-state index is 11.2. The summed E-state index contributed by atoms with van der Waals surface area (Å²) in [6, 6.07) is 6.79. The minimum atomic E-state index is -0.716. The lowest BCUT2D eigenvalue weighted by atomic mass is 10.2. The van der Waals surface area contributed by atoms with Crippen LogP contribution in [0, 0.1) is 23.8 Å². The summed E-state index contributed by atoms with van der Waals surface area (Å²) >= 11 is 2.10. The van der Waals surface area contributed by atoms with Gasteiger partial charge in [-0.3, -0.25) is 25.7 Å². The SMILES string of the molecule is C=CCOc1c(I)cc(/C=N/Nc2ccc([N+](=O)[O-])cc2[N+](=O)[O-])cc1OCC. The summed E-state index contributed by atoms with van der Waals surface area (Å²) in [5.74, 6) is 1.12. The van der Waals surface area contributed by atoms with Gasteiger partial charge in [-0.05, 0) is 53.3 Å². The Labute approximate surface area is 179 Å². The molecule has 0 heterocycles. The van der Waals surface area contributed by atoms with Crippen LogP contribution in [0.2, 0.25) is 0 Å². The first-order chi connectivity index (χ1) is 13.9. The summed E-state index contributed by atoms with van der Waals surface area (Å²) in [6.07, 6.45) is 3.08. The molecule has 0 atom stereocenters. The largest absolute Gasteiger partial charge is 0.490 e. The van der Waals surface area contributed by atoms with Gasteiger partial charge in [-0.1, -0.05) is 12.7 Å². The molecule has 10 nitrogen and oxygen atoms in total. The van der Waals surface area contributed by atoms with E-state index in [9.17, 15) is 20.2 Å². The number of nitro benzene ring substituents is 2. The van der Waals surface area contributed by atoms with Crippen molar-refractivity contribution in [3.63, 3.8) is 0 Å². The predicted octanol–water partition coefficient (Wildman–Crippen LogP) is 4.52. The fourth-order valence-electron chi connectivity index (χ4n) is 2.26. The van der Waals surface area contributed by atoms with Crippen molar-refractivity contribution >= 4 is 45.9 Å². The van der Waals surface area contributed by atoms with E-state index in [1.54, 1.807) is 18.2 Å². The molecular formula is C18H17IN4O6. The van der Waals surface area contributed by atoms with E-state index in [4.69, 9.17) is 9.47 Å². The number of nitro groups is 2. The number of ether oxygens (including phenoxy) is 2. The number of hydrogen-bond acceptors (Lipinski definition) is 8. The maximum atomic E-state index is 11.2. The first-order valence-corrected chi connectivity index (χ1v) is 9.37. The summed E-state index contributed by atoms with van der Waals surface area (Å²) in [7, 11) is 0. The van der Waals surface area contributed by atoms with Gasteiger partial charge < -0.3 is 9.47 Å². The van der Waals surface area contributed by atoms with Crippen molar-refractivity contribution < 1.29 is 19.3 Å². The second kappa shape index (κ2) is 10.4. The van der Waals surface area contributed by atoms with Crippen molar-refractivity contribution in [2.24, 2.45) is 5.10 Å². The Morgan fingerprint density at radius 3 is 2.59 bits per heavy atom. The van der Waals surface area contributed by atoms with E-state index in [0.29, 0.717) is 30.3 Å². The Morgan fingerprint density at radius 1 is 1.21 bits per heavy atom. The highest BCUT2D eigenvalue weighted by molar-refractivity contribution is 14.1. The van der Waals surface area contributed by atoms with Gasteiger partial charge in [0.2, 0.25) is 0 Å². The number of rotatable bonds is 10. The molecule has 0 saturated carbocycles. The Balaban J connectivity index is 2.27. The predicted molar refractivity (Wildman–Crippen MR) is 117 cm³/mol. The van der Waals surface area contributed by atoms with Gasteiger partial charge in [-0.15, -0.1) is 0 Å². The van der Waals surface area contributed by atoms with Crippen molar-refractivity contribution in [2.45, 2.75) is 6.92 Å². The topological polar surface area (TPSA) is 129 Å². The number of non-ortho nitro benzene ring substituents is 1. The molecule has 0 bridgehead atoms. The van der Waals surface area contributed by atoms with E-state index < -0.39 is 15.5 Å². The zero-order valence-corrected chi connectivity index (χ0v) is 17.5. The third-order valence-electron chi connectivity index (χ3n) is 3.46. The van der Waals surface area contributed by atoms with Crippen molar-refractivity contribution in [2.75, 3.05) is 18.6 Å². The van der Waals surface area contributed by atoms with Gasteiger partial charge in [0.15, 0.2) is 11.5 Å². The van der Waals surface area contributed by atoms with Crippen LogP contribution >= 0.6 is 22.6 Å². The van der Waals surface area contributed by atoms with Crippen molar-refractivity contribution in [3.05, 3.63) is 72.3 Å². The van der Waals surface area contributed by atoms with Crippen LogP contribution in [-0.4, -0.2) is 29.3 Å². The first kappa shape index (κ1) is 22.1. The van der Waals surface area contributed by atoms with Gasteiger partial charge >= 0.3 is 5.69 Å². The molecule has 11 heteroatoms. The number of anilines is 1. The van der Waals surface area contributed by atoms with E-state index in [2.05, 4.69) is 39.7 Å². The van der Waals surface area contributed by atoms with Crippen LogP contribution in [0.15, 0.2) is 48.1 Å². The van der Waals surface area contributed by atoms with Crippen LogP contribution < -0.4 is 14.9 Å². The third-order valence-corrected chi connectivity index (χ3v) is 4.27. The highest BCUT2D eigenvalue weighted by atomic mass is 127. The summed E-state index contributed by atoms with van der Waals surface area (Å²) in [5, 5.41) is 26.0. The summed E-state index contributed by atoms with van der Waals surface area (Å²) in [4.78, 5) is 20.6. The first-order valence-electron chi connectivity index (χ1n) is 8.29. The molecule has 0 aliphatic carbocycles. The Bertz CT molecular complexity index is 964. The molecule has 0 unspecified atom stereocenters. The zero-order chi connectivity index (χ0) is 21.4. The lowest BCUT2D eigenvalue weighted by Crippen LogP contribution is -2.02. The number of hydrazone groups is 1. The third kappa shape index (κ3) is 5.88. The standard InChI is InChI=1S/C18H17IN4O6/c1-3-7-29-18-14(19)8-12(9-17(18)28-4-2)11-20-21-15-6-5-13(22(24)25)10-16(15)23(26)27/h3,5-6,8-11,21H,1,4,7H2,2H3/b20-11+. The molecule has 2 aromatic carbocycles. The highest BCUT2D eigenvalue weighted by Crippen LogP contribution is 2.34. The van der Waals surface area contributed by atoms with E-state index in [-0.39, 0.29) is 11.4 Å². The van der Waals surface area contributed by atoms with Gasteiger partial charge in [0.05, 0.1) is 32.3 Å². The lowest BCUT2D eigenvalue weighted by molar-refractivity contribution is -0.393. The van der Waals surface area contributed by atoms with Gasteiger partial charge in [-0.2, -0.15) is 5.10 Å². The Kier molecular flexibility index (Phi) is 7.88. The molecule has 29 heavy (non-hydrogen) atoms. The molecule has 0 aliphatic rings. The van der Waals surface area contributed by atoms with Gasteiger partial charge in [0.1, 0.15) is 12.3 Å². The number of nitrogens with zero attached hydrogens (tertiary/aromatic N) is 3. The molecular weight excluding hydrogens is 495 g/mol. The molecule has 0 saturated heterocycles. The number of hydrogen-bond donors (Lipinski definition) is 1. The van der Waals surface area contributed by atoms with E-state index in [1.165, 1.54) is 12.3 Å². The van der Waals surface area contributed by atoms with Crippen LogP contribution in [-0.2, 0) is 0 Å². The molecule has 152 valence electrons. The molecule has 0 aromatic heterocycles. The maximum Gasteiger partial charge on any atom is 0.301 e. The minimum absolute atomic E-state index is 0.0301. The smallest absolute Gasteiger partial charge is 0.301 e. The number of halogens is 1. The summed E-state index contributed by atoms with van der Waals surface area (Å²) < 4.78 is 12.0. The van der Waals surface area contributed by atoms with Crippen molar-refractivity contribution in [3.8, 4) is 11.5 Å². The van der Waals surface area contributed by atoms with Gasteiger partial charge in [-0.25, -0.2) is 0 Å². The summed E-state index contributed by atoms with van der Waals surface area (Å²) in [5.41, 5.74) is 2.42. The molecule has 2 rings (SSSR count). The molecule has 1 N–H and O–H groups in total. The molecule has 0 aliphatic heterocycles.